The number of amidine groups is 1. The number of rotatable bonds is 3. The molecule has 0 unspecified atom stereocenters. The molecule has 0 aromatic carbocycles. The molecule has 2 amide bonds. The summed E-state index contributed by atoms with van der Waals surface area (Å²) >= 11 is 0. The van der Waals surface area contributed by atoms with Crippen molar-refractivity contribution in [2.24, 2.45) is 37.1 Å². The molecule has 0 atom stereocenters. The largest absolute Gasteiger partial charge is 0.366 e. The molecule has 0 fully saturated rings. The highest BCUT2D eigenvalue weighted by atomic mass is 16.2. The lowest BCUT2D eigenvalue weighted by Gasteiger charge is -2.27. The number of likely N-dealkylation sites (N-methyl/N-ethyl adjacent to an activating group) is 1. The molecule has 9 nitrogen and oxygen atoms in total. The topological polar surface area (TPSA) is 88.9 Å². The number of aliphatic imine (C=N–C) groups is 2. The quantitative estimate of drug-likeness (QED) is 0.217. The van der Waals surface area contributed by atoms with E-state index in [-0.39, 0.29) is 59.5 Å². The van der Waals surface area contributed by atoms with Gasteiger partial charge in [-0.1, -0.05) is 119 Å². The third kappa shape index (κ3) is 40.0. The van der Waals surface area contributed by atoms with E-state index in [2.05, 4.69) is 84.1 Å². The van der Waals surface area contributed by atoms with Crippen LogP contribution in [0.15, 0.2) is 9.98 Å². The van der Waals surface area contributed by atoms with Crippen LogP contribution in [0.2, 0.25) is 0 Å². The zero-order valence-electron chi connectivity index (χ0n) is 36.3. The van der Waals surface area contributed by atoms with Crippen molar-refractivity contribution in [2.45, 2.75) is 132 Å². The smallest absolute Gasteiger partial charge is 0.227 e. The second kappa shape index (κ2) is 26.5. The van der Waals surface area contributed by atoms with Gasteiger partial charge in [0.2, 0.25) is 11.8 Å². The van der Waals surface area contributed by atoms with E-state index in [1.807, 2.05) is 88.7 Å². The van der Waals surface area contributed by atoms with Gasteiger partial charge in [-0.05, 0) is 31.8 Å². The van der Waals surface area contributed by atoms with Gasteiger partial charge in [0.05, 0.1) is 6.54 Å². The summed E-state index contributed by atoms with van der Waals surface area (Å²) in [7, 11) is 18.6. The molecule has 0 saturated heterocycles. The zero-order chi connectivity index (χ0) is 39.5. The van der Waals surface area contributed by atoms with Crippen molar-refractivity contribution < 1.29 is 14.4 Å². The molecule has 0 aliphatic rings. The van der Waals surface area contributed by atoms with Gasteiger partial charge in [0.15, 0.2) is 5.78 Å². The molecule has 0 aromatic rings. The Morgan fingerprint density at radius 1 is 0.510 bits per heavy atom. The van der Waals surface area contributed by atoms with E-state index < -0.39 is 0 Å². The molecule has 0 heterocycles. The van der Waals surface area contributed by atoms with Gasteiger partial charge in [0, 0.05) is 84.8 Å². The third-order valence-corrected chi connectivity index (χ3v) is 6.25. The van der Waals surface area contributed by atoms with Crippen molar-refractivity contribution in [3.8, 4) is 0 Å². The summed E-state index contributed by atoms with van der Waals surface area (Å²) in [6.45, 7) is 33.3. The molecule has 0 aromatic heterocycles. The van der Waals surface area contributed by atoms with Gasteiger partial charge in [-0.3, -0.25) is 24.4 Å². The predicted octanol–water partition coefficient (Wildman–Crippen LogP) is 8.81. The summed E-state index contributed by atoms with van der Waals surface area (Å²) in [6, 6.07) is 0. The number of ketones is 1. The highest BCUT2D eigenvalue weighted by Gasteiger charge is 2.23. The minimum absolute atomic E-state index is 0. The van der Waals surface area contributed by atoms with Crippen LogP contribution in [0.4, 0.5) is 0 Å². The molecule has 0 bridgehead atoms. The molecule has 0 aliphatic carbocycles. The molecule has 0 radical (unpaired) electrons. The van der Waals surface area contributed by atoms with Gasteiger partial charge in [-0.2, -0.15) is 0 Å². The van der Waals surface area contributed by atoms with Crippen LogP contribution in [0.5, 0.6) is 0 Å². The van der Waals surface area contributed by atoms with E-state index in [0.29, 0.717) is 13.0 Å². The van der Waals surface area contributed by atoms with E-state index in [0.717, 1.165) is 5.84 Å². The average Bonchev–Trinajstić information content (AvgIpc) is 2.80. The predicted molar refractivity (Wildman–Crippen MR) is 222 cm³/mol. The first-order chi connectivity index (χ1) is 20.4. The monoisotopic (exact) mass is 703 g/mol. The molecule has 49 heavy (non-hydrogen) atoms. The summed E-state index contributed by atoms with van der Waals surface area (Å²) in [4.78, 5) is 48.9. The van der Waals surface area contributed by atoms with Crippen molar-refractivity contribution >= 4 is 29.1 Å². The lowest BCUT2D eigenvalue weighted by Crippen LogP contribution is -2.33. The van der Waals surface area contributed by atoms with Crippen LogP contribution in [-0.4, -0.2) is 126 Å². The molecule has 0 aliphatic heterocycles. The van der Waals surface area contributed by atoms with Gasteiger partial charge in [-0.15, -0.1) is 0 Å². The van der Waals surface area contributed by atoms with Crippen LogP contribution in [0.1, 0.15) is 132 Å². The van der Waals surface area contributed by atoms with Crippen LogP contribution in [0, 0.1) is 27.1 Å². The van der Waals surface area contributed by atoms with Crippen molar-refractivity contribution in [3.05, 3.63) is 0 Å². The van der Waals surface area contributed by atoms with Crippen molar-refractivity contribution in [3.63, 3.8) is 0 Å². The maximum atomic E-state index is 11.2. The lowest BCUT2D eigenvalue weighted by atomic mass is 9.91. The lowest BCUT2D eigenvalue weighted by molar-refractivity contribution is -0.136. The first kappa shape index (κ1) is 61.9. The highest BCUT2D eigenvalue weighted by Crippen LogP contribution is 2.19. The fourth-order valence-electron chi connectivity index (χ4n) is 3.35. The van der Waals surface area contributed by atoms with Crippen molar-refractivity contribution in [1.82, 2.24) is 19.6 Å². The Hall–Kier alpha value is -2.29. The number of carbonyl (C=O) groups excluding carboxylic acids is 3. The zero-order valence-corrected chi connectivity index (χ0v) is 36.3. The van der Waals surface area contributed by atoms with Gasteiger partial charge >= 0.3 is 0 Å². The molecule has 0 saturated carbocycles. The Morgan fingerprint density at radius 3 is 0.918 bits per heavy atom. The first-order valence-electron chi connectivity index (χ1n) is 16.6. The van der Waals surface area contributed by atoms with Crippen molar-refractivity contribution in [1.29, 1.82) is 0 Å². The maximum Gasteiger partial charge on any atom is 0.227 e. The Balaban J connectivity index is -0.0000000893. The first-order valence-corrected chi connectivity index (χ1v) is 16.6. The Labute approximate surface area is 308 Å². The standard InChI is InChI=1S/C8H18N2.2C8H17NO.C7H15NO.C7H15N.2CH4/c1-8(2,3)7(9-4)10(5)6;1-8(2,3)7(10)6-9(4)5;1-8(2,3)6-7(10)9(4)5;1-7(2,3)6(9)8(4)5;1-6(8-5)7(2,3)4;;/h1-6H3;2*6H2,1-5H3;1-5H3;1-5H3;2*1H4. The van der Waals surface area contributed by atoms with Crippen LogP contribution in [0.25, 0.3) is 0 Å². The minimum Gasteiger partial charge on any atom is -0.366 e. The van der Waals surface area contributed by atoms with Gasteiger partial charge in [-0.25, -0.2) is 0 Å². The average molecular weight is 703 g/mol. The minimum atomic E-state index is -0.233. The third-order valence-electron chi connectivity index (χ3n) is 6.25. The number of nitrogens with zero attached hydrogens (tertiary/aromatic N) is 6. The van der Waals surface area contributed by atoms with Crippen LogP contribution in [0.3, 0.4) is 0 Å². The molecular formula is C40H90N6O3. The number of carbonyl (C=O) groups is 3. The van der Waals surface area contributed by atoms with E-state index >= 15 is 0 Å². The SMILES string of the molecule is C.C.CN(C)C(=O)C(C)(C)C.CN(C)C(=O)CC(C)(C)C.CN(C)CC(=O)C(C)(C)C.CN=C(C)C(C)(C)C.CN=C(N(C)C)C(C)(C)C. The molecule has 0 N–H and O–H groups in total. The molecule has 0 spiro atoms. The van der Waals surface area contributed by atoms with Crippen molar-refractivity contribution in [2.75, 3.05) is 77.0 Å². The highest BCUT2D eigenvalue weighted by molar-refractivity contribution is 5.87. The van der Waals surface area contributed by atoms with Gasteiger partial charge in [0.25, 0.3) is 0 Å². The number of hydrogen-bond acceptors (Lipinski definition) is 6. The summed E-state index contributed by atoms with van der Waals surface area (Å²) in [5.41, 5.74) is 1.32. The van der Waals surface area contributed by atoms with Crippen LogP contribution in [-0.2, 0) is 14.4 Å². The fraction of sp³-hybridized carbons (Fsp3) is 0.875. The van der Waals surface area contributed by atoms with Gasteiger partial charge in [0.1, 0.15) is 5.84 Å². The van der Waals surface area contributed by atoms with Crippen LogP contribution < -0.4 is 0 Å². The Bertz CT molecular complexity index is 943. The Kier molecular flexibility index (Phi) is 33.5. The van der Waals surface area contributed by atoms with E-state index in [9.17, 15) is 14.4 Å². The number of Topliss-reactive ketones (excluding diaryl/α,β-unsaturated/α-hetero) is 1. The maximum absolute atomic E-state index is 11.2. The molecule has 0 rings (SSSR count). The summed E-state index contributed by atoms with van der Waals surface area (Å²) in [5, 5.41) is 0. The summed E-state index contributed by atoms with van der Waals surface area (Å²) in [6.07, 6.45) is 0.625. The normalized spacial score (nSPS) is 12.0. The molecule has 9 heteroatoms. The second-order valence-electron chi connectivity index (χ2n) is 18.1. The van der Waals surface area contributed by atoms with E-state index in [1.165, 1.54) is 5.71 Å². The molecule has 298 valence electrons. The van der Waals surface area contributed by atoms with Gasteiger partial charge < -0.3 is 19.6 Å². The Morgan fingerprint density at radius 2 is 0.878 bits per heavy atom. The fourth-order valence-corrected chi connectivity index (χ4v) is 3.35. The number of amides is 2. The summed E-state index contributed by atoms with van der Waals surface area (Å²) in [5.74, 6) is 1.79. The van der Waals surface area contributed by atoms with Crippen LogP contribution >= 0.6 is 0 Å². The number of hydrogen-bond donors (Lipinski definition) is 0. The second-order valence-corrected chi connectivity index (χ2v) is 18.1. The van der Waals surface area contributed by atoms with E-state index in [4.69, 9.17) is 0 Å². The summed E-state index contributed by atoms with van der Waals surface area (Å²) < 4.78 is 0. The van der Waals surface area contributed by atoms with E-state index in [1.54, 1.807) is 38.0 Å². The molecular weight excluding hydrogens is 612 g/mol.